The van der Waals surface area contributed by atoms with Crippen molar-refractivity contribution in [2.24, 2.45) is 0 Å². The molecule has 0 aliphatic rings. The van der Waals surface area contributed by atoms with E-state index >= 15 is 0 Å². The standard InChI is InChI=1S/C14H20N4O2S/c1-3-15-11(13(19)20-4-2)8-10-21-14-17-16-12-7-5-6-9-18(12)14/h5-7,9,11,15H,3-4,8,10H2,1-2H3. The molecule has 0 radical (unpaired) electrons. The van der Waals surface area contributed by atoms with E-state index in [4.69, 9.17) is 4.74 Å². The predicted octanol–water partition coefficient (Wildman–Crippen LogP) is 1.75. The summed E-state index contributed by atoms with van der Waals surface area (Å²) in [5.41, 5.74) is 0.827. The van der Waals surface area contributed by atoms with Crippen LogP contribution in [0.3, 0.4) is 0 Å². The Morgan fingerprint density at radius 3 is 3.05 bits per heavy atom. The maximum absolute atomic E-state index is 11.8. The average molecular weight is 308 g/mol. The van der Waals surface area contributed by atoms with Crippen LogP contribution in [0, 0.1) is 0 Å². The number of thioether (sulfide) groups is 1. The molecule has 0 fully saturated rings. The lowest BCUT2D eigenvalue weighted by atomic mass is 10.2. The molecule has 0 aliphatic heterocycles. The van der Waals surface area contributed by atoms with Crippen molar-refractivity contribution in [3.05, 3.63) is 24.4 Å². The van der Waals surface area contributed by atoms with Gasteiger partial charge in [0, 0.05) is 11.9 Å². The first-order chi connectivity index (χ1) is 10.3. The van der Waals surface area contributed by atoms with Crippen LogP contribution in [-0.4, -0.2) is 45.5 Å². The molecule has 2 rings (SSSR count). The summed E-state index contributed by atoms with van der Waals surface area (Å²) in [6.07, 6.45) is 2.63. The van der Waals surface area contributed by atoms with Gasteiger partial charge in [0.05, 0.1) is 6.61 Å². The van der Waals surface area contributed by atoms with Gasteiger partial charge in [-0.2, -0.15) is 0 Å². The molecule has 2 aromatic rings. The molecule has 114 valence electrons. The number of carbonyl (C=O) groups is 1. The maximum atomic E-state index is 11.8. The van der Waals surface area contributed by atoms with Crippen molar-refractivity contribution in [2.75, 3.05) is 18.9 Å². The van der Waals surface area contributed by atoms with Gasteiger partial charge in [0.1, 0.15) is 6.04 Å². The molecule has 0 bridgehead atoms. The monoisotopic (exact) mass is 308 g/mol. The van der Waals surface area contributed by atoms with Crippen LogP contribution in [0.1, 0.15) is 20.3 Å². The second kappa shape index (κ2) is 7.99. The molecule has 1 N–H and O–H groups in total. The van der Waals surface area contributed by atoms with Crippen molar-refractivity contribution in [1.29, 1.82) is 0 Å². The summed E-state index contributed by atoms with van der Waals surface area (Å²) in [7, 11) is 0. The highest BCUT2D eigenvalue weighted by atomic mass is 32.2. The number of hydrogen-bond donors (Lipinski definition) is 1. The predicted molar refractivity (Wildman–Crippen MR) is 82.4 cm³/mol. The molecule has 21 heavy (non-hydrogen) atoms. The highest BCUT2D eigenvalue weighted by molar-refractivity contribution is 7.99. The smallest absolute Gasteiger partial charge is 0.323 e. The lowest BCUT2D eigenvalue weighted by molar-refractivity contribution is -0.145. The molecular weight excluding hydrogens is 288 g/mol. The summed E-state index contributed by atoms with van der Waals surface area (Å²) >= 11 is 1.59. The minimum atomic E-state index is -0.262. The second-order valence-corrected chi connectivity index (χ2v) is 5.47. The van der Waals surface area contributed by atoms with E-state index in [0.29, 0.717) is 13.0 Å². The molecule has 7 heteroatoms. The third-order valence-corrected chi connectivity index (χ3v) is 3.92. The number of fused-ring (bicyclic) bond motifs is 1. The number of esters is 1. The van der Waals surface area contributed by atoms with Gasteiger partial charge in [-0.3, -0.25) is 9.20 Å². The van der Waals surface area contributed by atoms with Crippen LogP contribution in [0.25, 0.3) is 5.65 Å². The molecular formula is C14H20N4O2S. The number of carbonyl (C=O) groups excluding carboxylic acids is 1. The van der Waals surface area contributed by atoms with E-state index < -0.39 is 0 Å². The van der Waals surface area contributed by atoms with E-state index in [-0.39, 0.29) is 12.0 Å². The average Bonchev–Trinajstić information content (AvgIpc) is 2.90. The van der Waals surface area contributed by atoms with Crippen LogP contribution < -0.4 is 5.32 Å². The van der Waals surface area contributed by atoms with E-state index in [0.717, 1.165) is 23.1 Å². The second-order valence-electron chi connectivity index (χ2n) is 4.41. The van der Waals surface area contributed by atoms with Crippen LogP contribution in [0.15, 0.2) is 29.6 Å². The van der Waals surface area contributed by atoms with Gasteiger partial charge in [0.15, 0.2) is 10.8 Å². The van der Waals surface area contributed by atoms with E-state index in [1.54, 1.807) is 11.8 Å². The van der Waals surface area contributed by atoms with Gasteiger partial charge in [0.25, 0.3) is 0 Å². The van der Waals surface area contributed by atoms with Crippen LogP contribution >= 0.6 is 11.8 Å². The molecule has 1 atom stereocenters. The minimum absolute atomic E-state index is 0.189. The van der Waals surface area contributed by atoms with Crippen molar-refractivity contribution < 1.29 is 9.53 Å². The first kappa shape index (κ1) is 15.8. The largest absolute Gasteiger partial charge is 0.465 e. The molecule has 1 unspecified atom stereocenters. The number of ether oxygens (including phenoxy) is 1. The van der Waals surface area contributed by atoms with Crippen molar-refractivity contribution >= 4 is 23.4 Å². The Balaban J connectivity index is 1.91. The highest BCUT2D eigenvalue weighted by Gasteiger charge is 2.18. The zero-order valence-corrected chi connectivity index (χ0v) is 13.1. The number of hydrogen-bond acceptors (Lipinski definition) is 6. The summed E-state index contributed by atoms with van der Waals surface area (Å²) in [4.78, 5) is 11.8. The molecule has 0 saturated heterocycles. The SMILES string of the molecule is CCNC(CCSc1nnc2ccccn12)C(=O)OCC. The number of nitrogens with one attached hydrogen (secondary N) is 1. The van der Waals surface area contributed by atoms with E-state index in [1.165, 1.54) is 0 Å². The fourth-order valence-corrected chi connectivity index (χ4v) is 2.91. The van der Waals surface area contributed by atoms with Crippen molar-refractivity contribution in [1.82, 2.24) is 19.9 Å². The minimum Gasteiger partial charge on any atom is -0.465 e. The Labute approximate surface area is 128 Å². The lowest BCUT2D eigenvalue weighted by Gasteiger charge is -2.15. The van der Waals surface area contributed by atoms with Gasteiger partial charge >= 0.3 is 5.97 Å². The summed E-state index contributed by atoms with van der Waals surface area (Å²) < 4.78 is 7.01. The molecule has 0 spiro atoms. The number of pyridine rings is 1. The van der Waals surface area contributed by atoms with Gasteiger partial charge in [-0.15, -0.1) is 10.2 Å². The Hall–Kier alpha value is -1.60. The quantitative estimate of drug-likeness (QED) is 0.592. The van der Waals surface area contributed by atoms with Gasteiger partial charge < -0.3 is 10.1 Å². The third-order valence-electron chi connectivity index (χ3n) is 2.94. The molecule has 2 aromatic heterocycles. The van der Waals surface area contributed by atoms with Gasteiger partial charge in [-0.05, 0) is 32.0 Å². The molecule has 0 aliphatic carbocycles. The maximum Gasteiger partial charge on any atom is 0.323 e. The normalized spacial score (nSPS) is 12.5. The third kappa shape index (κ3) is 4.18. The van der Waals surface area contributed by atoms with Crippen molar-refractivity contribution in [3.63, 3.8) is 0 Å². The summed E-state index contributed by atoms with van der Waals surface area (Å²) in [6, 6.07) is 5.53. The number of likely N-dealkylation sites (N-methyl/N-ethyl adjacent to an activating group) is 1. The number of rotatable bonds is 8. The molecule has 0 aromatic carbocycles. The summed E-state index contributed by atoms with van der Waals surface area (Å²) in [6.45, 7) is 4.94. The fourth-order valence-electron chi connectivity index (χ4n) is 1.98. The first-order valence-electron chi connectivity index (χ1n) is 7.08. The van der Waals surface area contributed by atoms with Crippen LogP contribution in [-0.2, 0) is 9.53 Å². The zero-order valence-electron chi connectivity index (χ0n) is 12.3. The summed E-state index contributed by atoms with van der Waals surface area (Å²) in [5, 5.41) is 12.3. The molecule has 2 heterocycles. The van der Waals surface area contributed by atoms with E-state index in [1.807, 2.05) is 42.6 Å². The van der Waals surface area contributed by atoms with Gasteiger partial charge in [0.2, 0.25) is 0 Å². The van der Waals surface area contributed by atoms with E-state index in [9.17, 15) is 4.79 Å². The van der Waals surface area contributed by atoms with E-state index in [2.05, 4.69) is 15.5 Å². The highest BCUT2D eigenvalue weighted by Crippen LogP contribution is 2.18. The van der Waals surface area contributed by atoms with Crippen LogP contribution in [0.4, 0.5) is 0 Å². The van der Waals surface area contributed by atoms with Crippen molar-refractivity contribution in [3.8, 4) is 0 Å². The molecule has 0 amide bonds. The van der Waals surface area contributed by atoms with Gasteiger partial charge in [-0.1, -0.05) is 24.8 Å². The lowest BCUT2D eigenvalue weighted by Crippen LogP contribution is -2.38. The fraction of sp³-hybridized carbons (Fsp3) is 0.500. The zero-order chi connectivity index (χ0) is 15.1. The van der Waals surface area contributed by atoms with Gasteiger partial charge in [-0.25, -0.2) is 0 Å². The Morgan fingerprint density at radius 1 is 1.43 bits per heavy atom. The summed E-state index contributed by atoms with van der Waals surface area (Å²) in [5.74, 6) is 0.581. The molecule has 6 nitrogen and oxygen atoms in total. The Bertz CT molecular complexity index is 587. The van der Waals surface area contributed by atoms with Crippen LogP contribution in [0.2, 0.25) is 0 Å². The number of nitrogens with zero attached hydrogens (tertiary/aromatic N) is 3. The molecule has 0 saturated carbocycles. The van der Waals surface area contributed by atoms with Crippen LogP contribution in [0.5, 0.6) is 0 Å². The van der Waals surface area contributed by atoms with Crippen molar-refractivity contribution in [2.45, 2.75) is 31.5 Å². The Kier molecular flexibility index (Phi) is 6.01. The topological polar surface area (TPSA) is 68.5 Å². The Morgan fingerprint density at radius 2 is 2.29 bits per heavy atom. The number of aromatic nitrogens is 3. The first-order valence-corrected chi connectivity index (χ1v) is 8.07.